The minimum atomic E-state index is -0.394. The first-order valence-electron chi connectivity index (χ1n) is 20.3. The second kappa shape index (κ2) is 35.7. The van der Waals surface area contributed by atoms with Crippen LogP contribution in [0.25, 0.3) is 24.3 Å². The van der Waals surface area contributed by atoms with Gasteiger partial charge in [-0.15, -0.1) is 0 Å². The van der Waals surface area contributed by atoms with Crippen molar-refractivity contribution in [2.45, 2.75) is 104 Å². The fourth-order valence-electron chi connectivity index (χ4n) is 5.18. The van der Waals surface area contributed by atoms with Gasteiger partial charge in [-0.1, -0.05) is 214 Å². The molecule has 302 valence electrons. The molecule has 0 saturated heterocycles. The summed E-state index contributed by atoms with van der Waals surface area (Å²) in [4.78, 5) is 9.84. The molecular formula is C53H72O3. The van der Waals surface area contributed by atoms with Gasteiger partial charge >= 0.3 is 5.97 Å². The highest BCUT2D eigenvalue weighted by Gasteiger charge is 1.95. The maximum atomic E-state index is 9.84. The summed E-state index contributed by atoms with van der Waals surface area (Å²) in [6.07, 6.45) is 24.1. The molecule has 0 fully saturated rings. The Hall–Kier alpha value is -4.99. The van der Waals surface area contributed by atoms with Gasteiger partial charge in [-0.3, -0.25) is 0 Å². The van der Waals surface area contributed by atoms with Gasteiger partial charge in [-0.05, 0) is 83.0 Å². The van der Waals surface area contributed by atoms with Crippen molar-refractivity contribution in [3.63, 3.8) is 0 Å². The molecule has 0 bridgehead atoms. The summed E-state index contributed by atoms with van der Waals surface area (Å²) in [6, 6.07) is 34.1. The quantitative estimate of drug-likeness (QED) is 0.0543. The van der Waals surface area contributed by atoms with E-state index in [4.69, 9.17) is 4.74 Å². The summed E-state index contributed by atoms with van der Waals surface area (Å²) in [7, 11) is 3.01. The Labute approximate surface area is 342 Å². The van der Waals surface area contributed by atoms with E-state index in [1.165, 1.54) is 123 Å². The van der Waals surface area contributed by atoms with Crippen LogP contribution >= 0.6 is 0 Å². The van der Waals surface area contributed by atoms with Gasteiger partial charge in [-0.25, -0.2) is 4.79 Å². The highest BCUT2D eigenvalue weighted by atomic mass is 16.5. The number of hydrogen-bond acceptors (Lipinski definition) is 3. The van der Waals surface area contributed by atoms with Crippen LogP contribution in [0.3, 0.4) is 0 Å². The molecule has 0 radical (unpaired) electrons. The molecule has 0 saturated carbocycles. The first-order chi connectivity index (χ1) is 27.3. The van der Waals surface area contributed by atoms with E-state index in [9.17, 15) is 4.79 Å². The van der Waals surface area contributed by atoms with Crippen LogP contribution in [-0.4, -0.2) is 20.2 Å². The molecule has 56 heavy (non-hydrogen) atoms. The fourth-order valence-corrected chi connectivity index (χ4v) is 5.18. The maximum absolute atomic E-state index is 9.84. The molecule has 0 amide bonds. The summed E-state index contributed by atoms with van der Waals surface area (Å²) >= 11 is 0. The number of esters is 1. The SMILES string of the molecule is C=CC(=O)OC.C=Cc1ccc(CCCC)cc1.C=Cc1ccc(CCCCC)cc1.C=Cc1ccc(CCCCCC)cc1.C=Cc1ccc(COC)cc1. The topological polar surface area (TPSA) is 35.5 Å². The zero-order chi connectivity index (χ0) is 41.7. The number of rotatable bonds is 19. The molecule has 3 heteroatoms. The van der Waals surface area contributed by atoms with Gasteiger partial charge in [-0.2, -0.15) is 0 Å². The zero-order valence-corrected chi connectivity index (χ0v) is 35.6. The highest BCUT2D eigenvalue weighted by Crippen LogP contribution is 2.12. The van der Waals surface area contributed by atoms with Crippen LogP contribution in [0.5, 0.6) is 0 Å². The Morgan fingerprint density at radius 1 is 0.446 bits per heavy atom. The largest absolute Gasteiger partial charge is 0.466 e. The molecule has 0 heterocycles. The number of benzene rings is 4. The molecule has 4 aromatic carbocycles. The lowest BCUT2D eigenvalue weighted by atomic mass is 10.0. The minimum absolute atomic E-state index is 0.394. The molecule has 0 aliphatic carbocycles. The monoisotopic (exact) mass is 757 g/mol. The van der Waals surface area contributed by atoms with E-state index in [1.807, 2.05) is 48.6 Å². The van der Waals surface area contributed by atoms with Crippen LogP contribution in [0, 0.1) is 0 Å². The Morgan fingerprint density at radius 2 is 0.750 bits per heavy atom. The van der Waals surface area contributed by atoms with E-state index in [-0.39, 0.29) is 0 Å². The Morgan fingerprint density at radius 3 is 1.02 bits per heavy atom. The number of hydrogen-bond donors (Lipinski definition) is 0. The number of ether oxygens (including phenoxy) is 2. The Balaban J connectivity index is 0.000000689. The lowest BCUT2D eigenvalue weighted by Crippen LogP contribution is -1.91. The average molecular weight is 757 g/mol. The molecule has 0 aliphatic rings. The number of carbonyl (C=O) groups is 1. The van der Waals surface area contributed by atoms with E-state index >= 15 is 0 Å². The molecule has 0 aliphatic heterocycles. The predicted molar refractivity (Wildman–Crippen MR) is 249 cm³/mol. The predicted octanol–water partition coefficient (Wildman–Crippen LogP) is 15.0. The molecule has 0 aromatic heterocycles. The van der Waals surface area contributed by atoms with E-state index < -0.39 is 5.97 Å². The molecule has 0 N–H and O–H groups in total. The fraction of sp³-hybridized carbons (Fsp3) is 0.340. The van der Waals surface area contributed by atoms with Crippen LogP contribution in [0.1, 0.15) is 123 Å². The van der Waals surface area contributed by atoms with Crippen LogP contribution in [0.4, 0.5) is 0 Å². The lowest BCUT2D eigenvalue weighted by Gasteiger charge is -2.01. The van der Waals surface area contributed by atoms with Gasteiger partial charge in [0.25, 0.3) is 0 Å². The standard InChI is InChI=1S/C14H20.C13H18.C12H16.C10H12O.C4H6O2/c1-3-5-6-7-8-14-11-9-13(4-2)10-12-14;1-3-5-6-7-13-10-8-12(4-2)9-11-13;1-3-5-6-12-9-7-11(4-2)8-10-12;1-3-9-4-6-10(7-5-9)8-11-2;1-3-4(5)6-2/h4,9-12H,2-3,5-8H2,1H3;4,8-11H,2-3,5-7H2,1H3;4,7-10H,2-3,5-6H2,1H3;3-7H,1,8H2,2H3;3H,1H2,2H3. The molecule has 0 atom stereocenters. The summed E-state index contributed by atoms with van der Waals surface area (Å²) in [5.41, 5.74) is 10.3. The molecule has 3 nitrogen and oxygen atoms in total. The summed E-state index contributed by atoms with van der Waals surface area (Å²) in [5.74, 6) is -0.394. The van der Waals surface area contributed by atoms with Crippen LogP contribution in [0.15, 0.2) is 136 Å². The van der Waals surface area contributed by atoms with E-state index in [0.717, 1.165) is 11.6 Å². The van der Waals surface area contributed by atoms with Gasteiger partial charge in [0.2, 0.25) is 0 Å². The lowest BCUT2D eigenvalue weighted by molar-refractivity contribution is -0.134. The first-order valence-corrected chi connectivity index (χ1v) is 20.3. The molecular weight excluding hydrogens is 685 g/mol. The van der Waals surface area contributed by atoms with Crippen molar-refractivity contribution >= 4 is 30.3 Å². The van der Waals surface area contributed by atoms with Crippen LogP contribution in [-0.2, 0) is 40.1 Å². The molecule has 4 rings (SSSR count). The van der Waals surface area contributed by atoms with Gasteiger partial charge in [0.05, 0.1) is 13.7 Å². The average Bonchev–Trinajstić information content (AvgIpc) is 3.26. The third-order valence-corrected chi connectivity index (χ3v) is 8.75. The summed E-state index contributed by atoms with van der Waals surface area (Å²) < 4.78 is 9.12. The van der Waals surface area contributed by atoms with Crippen molar-refractivity contribution in [3.05, 3.63) is 181 Å². The van der Waals surface area contributed by atoms with Gasteiger partial charge in [0.1, 0.15) is 0 Å². The van der Waals surface area contributed by atoms with Crippen molar-refractivity contribution in [1.82, 2.24) is 0 Å². The van der Waals surface area contributed by atoms with Gasteiger partial charge in [0, 0.05) is 13.2 Å². The second-order valence-corrected chi connectivity index (χ2v) is 13.3. The number of carbonyl (C=O) groups excluding carboxylic acids is 1. The smallest absolute Gasteiger partial charge is 0.329 e. The van der Waals surface area contributed by atoms with Gasteiger partial charge in [0.15, 0.2) is 0 Å². The number of aryl methyl sites for hydroxylation is 3. The van der Waals surface area contributed by atoms with Crippen molar-refractivity contribution in [2.75, 3.05) is 14.2 Å². The molecule has 0 spiro atoms. The van der Waals surface area contributed by atoms with E-state index in [2.05, 4.69) is 131 Å². The third kappa shape index (κ3) is 26.7. The number of methoxy groups -OCH3 is 2. The van der Waals surface area contributed by atoms with E-state index in [1.54, 1.807) is 7.11 Å². The zero-order valence-electron chi connectivity index (χ0n) is 35.6. The van der Waals surface area contributed by atoms with Crippen LogP contribution in [0.2, 0.25) is 0 Å². The molecule has 0 unspecified atom stereocenters. The normalized spacial score (nSPS) is 9.52. The van der Waals surface area contributed by atoms with E-state index in [0.29, 0.717) is 6.61 Å². The summed E-state index contributed by atoms with van der Waals surface area (Å²) in [6.45, 7) is 25.4. The third-order valence-electron chi connectivity index (χ3n) is 8.75. The minimum Gasteiger partial charge on any atom is -0.466 e. The Bertz CT molecular complexity index is 1580. The second-order valence-electron chi connectivity index (χ2n) is 13.3. The Kier molecular flexibility index (Phi) is 32.5. The van der Waals surface area contributed by atoms with Crippen molar-refractivity contribution in [1.29, 1.82) is 0 Å². The maximum Gasteiger partial charge on any atom is 0.329 e. The van der Waals surface area contributed by atoms with Crippen molar-refractivity contribution in [3.8, 4) is 0 Å². The van der Waals surface area contributed by atoms with Gasteiger partial charge < -0.3 is 9.47 Å². The number of unbranched alkanes of at least 4 members (excludes halogenated alkanes) is 6. The van der Waals surface area contributed by atoms with Crippen molar-refractivity contribution < 1.29 is 14.3 Å². The van der Waals surface area contributed by atoms with Crippen molar-refractivity contribution in [2.24, 2.45) is 0 Å². The first kappa shape index (κ1) is 51.0. The highest BCUT2D eigenvalue weighted by molar-refractivity contribution is 5.80. The molecule has 4 aromatic rings. The summed E-state index contributed by atoms with van der Waals surface area (Å²) in [5, 5.41) is 0. The van der Waals surface area contributed by atoms with Crippen LogP contribution < -0.4 is 0 Å².